The third-order valence-electron chi connectivity index (χ3n) is 2.88. The van der Waals surface area contributed by atoms with Crippen molar-refractivity contribution < 1.29 is 14.3 Å². The summed E-state index contributed by atoms with van der Waals surface area (Å²) in [6.07, 6.45) is 0.445. The van der Waals surface area contributed by atoms with Crippen molar-refractivity contribution in [3.05, 3.63) is 0 Å². The number of hydrogen-bond acceptors (Lipinski definition) is 3. The molecule has 2 fully saturated rings. The fourth-order valence-corrected chi connectivity index (χ4v) is 2.11. The number of hydrogen-bond donors (Lipinski definition) is 0. The van der Waals surface area contributed by atoms with E-state index >= 15 is 0 Å². The zero-order chi connectivity index (χ0) is 10.1. The topological polar surface area (TPSA) is 38.8 Å². The van der Waals surface area contributed by atoms with Crippen molar-refractivity contribution in [3.8, 4) is 0 Å². The molecule has 2 unspecified atom stereocenters. The van der Waals surface area contributed by atoms with Gasteiger partial charge in [0.2, 0.25) is 5.91 Å². The van der Waals surface area contributed by atoms with Crippen LogP contribution in [0.25, 0.3) is 0 Å². The Kier molecular flexibility index (Phi) is 2.74. The van der Waals surface area contributed by atoms with Gasteiger partial charge in [0.05, 0.1) is 19.3 Å². The van der Waals surface area contributed by atoms with Crippen LogP contribution >= 0.6 is 0 Å². The molecule has 0 radical (unpaired) electrons. The molecule has 2 rings (SSSR count). The highest BCUT2D eigenvalue weighted by Crippen LogP contribution is 2.23. The first-order valence-electron chi connectivity index (χ1n) is 5.21. The van der Waals surface area contributed by atoms with Crippen LogP contribution in [0.3, 0.4) is 0 Å². The summed E-state index contributed by atoms with van der Waals surface area (Å²) in [5, 5.41) is 0. The monoisotopic (exact) mass is 199 g/mol. The van der Waals surface area contributed by atoms with E-state index in [4.69, 9.17) is 9.47 Å². The summed E-state index contributed by atoms with van der Waals surface area (Å²) in [4.78, 5) is 13.5. The Morgan fingerprint density at radius 2 is 2.07 bits per heavy atom. The summed E-state index contributed by atoms with van der Waals surface area (Å²) in [6, 6.07) is 0.0509. The molecule has 14 heavy (non-hydrogen) atoms. The van der Waals surface area contributed by atoms with Crippen LogP contribution in [0.4, 0.5) is 0 Å². The highest BCUT2D eigenvalue weighted by molar-refractivity contribution is 5.78. The van der Waals surface area contributed by atoms with Crippen molar-refractivity contribution in [1.29, 1.82) is 0 Å². The molecule has 0 aromatic heterocycles. The highest BCUT2D eigenvalue weighted by atomic mass is 16.7. The van der Waals surface area contributed by atoms with Gasteiger partial charge in [0.1, 0.15) is 0 Å². The van der Waals surface area contributed by atoms with E-state index in [2.05, 4.69) is 6.92 Å². The number of carbonyl (C=O) groups is 1. The predicted octanol–water partition coefficient (Wildman–Crippen LogP) is 0.616. The van der Waals surface area contributed by atoms with Gasteiger partial charge in [0, 0.05) is 13.0 Å². The molecule has 0 aromatic rings. The first-order valence-corrected chi connectivity index (χ1v) is 5.21. The summed E-state index contributed by atoms with van der Waals surface area (Å²) in [6.45, 7) is 6.22. The molecule has 1 amide bonds. The van der Waals surface area contributed by atoms with Crippen LogP contribution in [0.15, 0.2) is 0 Å². The SMILES string of the molecule is CC1CC(=O)N(C(C)C2OCCO2)C1. The van der Waals surface area contributed by atoms with Gasteiger partial charge in [-0.15, -0.1) is 0 Å². The summed E-state index contributed by atoms with van der Waals surface area (Å²) < 4.78 is 10.8. The second-order valence-electron chi connectivity index (χ2n) is 4.21. The summed E-state index contributed by atoms with van der Waals surface area (Å²) >= 11 is 0. The molecule has 2 aliphatic rings. The lowest BCUT2D eigenvalue weighted by Gasteiger charge is -2.28. The Morgan fingerprint density at radius 1 is 1.43 bits per heavy atom. The quantitative estimate of drug-likeness (QED) is 0.654. The van der Waals surface area contributed by atoms with Crippen molar-refractivity contribution in [3.63, 3.8) is 0 Å². The number of ether oxygens (including phenoxy) is 2. The molecule has 0 bridgehead atoms. The smallest absolute Gasteiger partial charge is 0.223 e. The van der Waals surface area contributed by atoms with Crippen molar-refractivity contribution in [2.75, 3.05) is 19.8 Å². The molecule has 80 valence electrons. The lowest BCUT2D eigenvalue weighted by atomic mass is 10.2. The first kappa shape index (κ1) is 9.93. The maximum absolute atomic E-state index is 11.6. The Labute approximate surface area is 84.2 Å². The molecule has 4 nitrogen and oxygen atoms in total. The largest absolute Gasteiger partial charge is 0.348 e. The Hall–Kier alpha value is -0.610. The minimum absolute atomic E-state index is 0.0509. The van der Waals surface area contributed by atoms with Crippen LogP contribution in [-0.2, 0) is 14.3 Å². The van der Waals surface area contributed by atoms with Crippen molar-refractivity contribution >= 4 is 5.91 Å². The second kappa shape index (κ2) is 3.87. The van der Waals surface area contributed by atoms with Gasteiger partial charge in [-0.3, -0.25) is 4.79 Å². The molecule has 2 atom stereocenters. The number of amides is 1. The Balaban J connectivity index is 1.96. The van der Waals surface area contributed by atoms with Crippen LogP contribution in [0.5, 0.6) is 0 Å². The van der Waals surface area contributed by atoms with Crippen molar-refractivity contribution in [2.24, 2.45) is 5.92 Å². The average molecular weight is 199 g/mol. The van der Waals surface area contributed by atoms with Gasteiger partial charge in [0.25, 0.3) is 0 Å². The van der Waals surface area contributed by atoms with E-state index in [9.17, 15) is 4.79 Å². The molecule has 2 aliphatic heterocycles. The molecule has 4 heteroatoms. The Bertz CT molecular complexity index is 225. The number of nitrogens with zero attached hydrogens (tertiary/aromatic N) is 1. The van der Waals surface area contributed by atoms with E-state index in [0.29, 0.717) is 25.6 Å². The normalized spacial score (nSPS) is 31.4. The Morgan fingerprint density at radius 3 is 2.57 bits per heavy atom. The van der Waals surface area contributed by atoms with E-state index in [1.165, 1.54) is 0 Å². The van der Waals surface area contributed by atoms with Gasteiger partial charge in [0.15, 0.2) is 6.29 Å². The maximum atomic E-state index is 11.6. The van der Waals surface area contributed by atoms with E-state index in [-0.39, 0.29) is 18.2 Å². The van der Waals surface area contributed by atoms with Crippen LogP contribution in [0.1, 0.15) is 20.3 Å². The first-order chi connectivity index (χ1) is 6.68. The second-order valence-corrected chi connectivity index (χ2v) is 4.21. The summed E-state index contributed by atoms with van der Waals surface area (Å²) in [7, 11) is 0. The van der Waals surface area contributed by atoms with Gasteiger partial charge >= 0.3 is 0 Å². The number of rotatable bonds is 2. The zero-order valence-electron chi connectivity index (χ0n) is 8.73. The third kappa shape index (κ3) is 1.77. The van der Waals surface area contributed by atoms with Crippen LogP contribution in [0.2, 0.25) is 0 Å². The molecular weight excluding hydrogens is 182 g/mol. The minimum Gasteiger partial charge on any atom is -0.348 e. The van der Waals surface area contributed by atoms with E-state index < -0.39 is 0 Å². The molecule has 0 spiro atoms. The van der Waals surface area contributed by atoms with E-state index in [0.717, 1.165) is 6.54 Å². The molecule has 0 N–H and O–H groups in total. The fraction of sp³-hybridized carbons (Fsp3) is 0.900. The predicted molar refractivity (Wildman–Crippen MR) is 50.6 cm³/mol. The van der Waals surface area contributed by atoms with Crippen LogP contribution in [0, 0.1) is 5.92 Å². The van der Waals surface area contributed by atoms with Gasteiger partial charge < -0.3 is 14.4 Å². The van der Waals surface area contributed by atoms with Gasteiger partial charge in [-0.25, -0.2) is 0 Å². The minimum atomic E-state index is -0.218. The van der Waals surface area contributed by atoms with Gasteiger partial charge in [-0.2, -0.15) is 0 Å². The fourth-order valence-electron chi connectivity index (χ4n) is 2.11. The third-order valence-corrected chi connectivity index (χ3v) is 2.88. The molecule has 2 saturated heterocycles. The molecule has 2 heterocycles. The van der Waals surface area contributed by atoms with Crippen LogP contribution < -0.4 is 0 Å². The highest BCUT2D eigenvalue weighted by Gasteiger charge is 2.35. The lowest BCUT2D eigenvalue weighted by molar-refractivity contribution is -0.140. The molecule has 0 saturated carbocycles. The van der Waals surface area contributed by atoms with E-state index in [1.807, 2.05) is 11.8 Å². The zero-order valence-corrected chi connectivity index (χ0v) is 8.73. The summed E-state index contributed by atoms with van der Waals surface area (Å²) in [5.74, 6) is 0.690. The van der Waals surface area contributed by atoms with E-state index in [1.54, 1.807) is 0 Å². The lowest BCUT2D eigenvalue weighted by Crippen LogP contribution is -2.42. The maximum Gasteiger partial charge on any atom is 0.223 e. The molecular formula is C10H17NO3. The van der Waals surface area contributed by atoms with Crippen LogP contribution in [-0.4, -0.2) is 42.9 Å². The molecule has 0 aliphatic carbocycles. The number of carbonyl (C=O) groups excluding carboxylic acids is 1. The number of likely N-dealkylation sites (tertiary alicyclic amines) is 1. The standard InChI is InChI=1S/C10H17NO3/c1-7-5-9(12)11(6-7)8(2)10-13-3-4-14-10/h7-8,10H,3-6H2,1-2H3. The van der Waals surface area contributed by atoms with Gasteiger partial charge in [-0.05, 0) is 12.8 Å². The van der Waals surface area contributed by atoms with Crippen molar-refractivity contribution in [1.82, 2.24) is 4.90 Å². The van der Waals surface area contributed by atoms with Gasteiger partial charge in [-0.1, -0.05) is 6.92 Å². The average Bonchev–Trinajstić information content (AvgIpc) is 2.73. The van der Waals surface area contributed by atoms with Crippen molar-refractivity contribution in [2.45, 2.75) is 32.6 Å². The summed E-state index contributed by atoms with van der Waals surface area (Å²) in [5.41, 5.74) is 0. The molecule has 0 aromatic carbocycles.